The summed E-state index contributed by atoms with van der Waals surface area (Å²) in [6.45, 7) is 8.32. The van der Waals surface area contributed by atoms with Gasteiger partial charge in [0, 0.05) is 12.6 Å². The Morgan fingerprint density at radius 3 is 2.65 bits per heavy atom. The average Bonchev–Trinajstić information content (AvgIpc) is 2.97. The standard InChI is InChI=1S/C20H25N3O3/c1-12-7-8-13(2)18(10-12)23-15(4)17(11-21-23)19(24)22-9-5-6-16(14(22)3)20(25)26/h7-8,10-11,14,16H,5-6,9H2,1-4H3,(H,25,26)/t14-,16-/m1/s1. The first-order valence-corrected chi connectivity index (χ1v) is 8.97. The minimum Gasteiger partial charge on any atom is -0.481 e. The van der Waals surface area contributed by atoms with E-state index in [1.807, 2.05) is 45.9 Å². The predicted octanol–water partition coefficient (Wildman–Crippen LogP) is 3.12. The molecule has 0 aliphatic carbocycles. The van der Waals surface area contributed by atoms with E-state index in [4.69, 9.17) is 0 Å². The third-order valence-corrected chi connectivity index (χ3v) is 5.40. The van der Waals surface area contributed by atoms with Gasteiger partial charge in [0.2, 0.25) is 0 Å². The summed E-state index contributed by atoms with van der Waals surface area (Å²) in [4.78, 5) is 26.2. The molecular formula is C20H25N3O3. The number of carboxylic acid groups (broad SMARTS) is 1. The fourth-order valence-corrected chi connectivity index (χ4v) is 3.72. The molecule has 3 rings (SSSR count). The molecule has 1 aliphatic rings. The summed E-state index contributed by atoms with van der Waals surface area (Å²) < 4.78 is 1.79. The van der Waals surface area contributed by atoms with Crippen molar-refractivity contribution in [2.75, 3.05) is 6.54 Å². The number of aliphatic carboxylic acids is 1. The first kappa shape index (κ1) is 18.2. The summed E-state index contributed by atoms with van der Waals surface area (Å²) >= 11 is 0. The number of amides is 1. The normalized spacial score (nSPS) is 20.2. The van der Waals surface area contributed by atoms with Crippen LogP contribution in [0.2, 0.25) is 0 Å². The number of likely N-dealkylation sites (tertiary alicyclic amines) is 1. The van der Waals surface area contributed by atoms with Crippen LogP contribution in [0, 0.1) is 26.7 Å². The number of carbonyl (C=O) groups excluding carboxylic acids is 1. The van der Waals surface area contributed by atoms with Crippen LogP contribution in [0.4, 0.5) is 0 Å². The number of aromatic nitrogens is 2. The van der Waals surface area contributed by atoms with Gasteiger partial charge in [-0.1, -0.05) is 12.1 Å². The second-order valence-electron chi connectivity index (χ2n) is 7.17. The Kier molecular flexibility index (Phi) is 4.85. The van der Waals surface area contributed by atoms with Crippen molar-refractivity contribution in [3.63, 3.8) is 0 Å². The third kappa shape index (κ3) is 3.11. The van der Waals surface area contributed by atoms with Gasteiger partial charge in [-0.3, -0.25) is 9.59 Å². The molecule has 6 heteroatoms. The van der Waals surface area contributed by atoms with Gasteiger partial charge >= 0.3 is 5.97 Å². The maximum absolute atomic E-state index is 13.1. The summed E-state index contributed by atoms with van der Waals surface area (Å²) in [7, 11) is 0. The molecule has 0 saturated carbocycles. The first-order chi connectivity index (χ1) is 12.3. The van der Waals surface area contributed by atoms with Gasteiger partial charge in [0.1, 0.15) is 0 Å². The molecule has 1 fully saturated rings. The Morgan fingerprint density at radius 2 is 1.96 bits per heavy atom. The van der Waals surface area contributed by atoms with E-state index in [0.717, 1.165) is 22.5 Å². The zero-order valence-electron chi connectivity index (χ0n) is 15.7. The van der Waals surface area contributed by atoms with Crippen molar-refractivity contribution in [2.45, 2.75) is 46.6 Å². The summed E-state index contributed by atoms with van der Waals surface area (Å²) in [6, 6.07) is 5.81. The van der Waals surface area contributed by atoms with E-state index in [1.54, 1.807) is 15.8 Å². The molecule has 1 aromatic carbocycles. The molecule has 0 unspecified atom stereocenters. The van der Waals surface area contributed by atoms with Gasteiger partial charge in [-0.2, -0.15) is 5.10 Å². The molecule has 1 aromatic heterocycles. The van der Waals surface area contributed by atoms with Crippen molar-refractivity contribution >= 4 is 11.9 Å². The van der Waals surface area contributed by atoms with Crippen molar-refractivity contribution in [2.24, 2.45) is 5.92 Å². The van der Waals surface area contributed by atoms with E-state index >= 15 is 0 Å². The average molecular weight is 355 g/mol. The van der Waals surface area contributed by atoms with Crippen LogP contribution >= 0.6 is 0 Å². The molecule has 1 N–H and O–H groups in total. The van der Waals surface area contributed by atoms with E-state index in [9.17, 15) is 14.7 Å². The molecule has 1 aliphatic heterocycles. The Morgan fingerprint density at radius 1 is 1.23 bits per heavy atom. The first-order valence-electron chi connectivity index (χ1n) is 8.97. The van der Waals surface area contributed by atoms with E-state index in [0.29, 0.717) is 24.9 Å². The third-order valence-electron chi connectivity index (χ3n) is 5.40. The maximum Gasteiger partial charge on any atom is 0.308 e. The molecule has 2 aromatic rings. The van der Waals surface area contributed by atoms with Crippen molar-refractivity contribution in [3.8, 4) is 5.69 Å². The Hall–Kier alpha value is -2.63. The Bertz CT molecular complexity index is 856. The van der Waals surface area contributed by atoms with Crippen LogP contribution in [-0.4, -0.2) is 44.3 Å². The lowest BCUT2D eigenvalue weighted by Crippen LogP contribution is -2.49. The van der Waals surface area contributed by atoms with Gasteiger partial charge in [0.15, 0.2) is 0 Å². The second kappa shape index (κ2) is 6.94. The zero-order chi connectivity index (χ0) is 19.0. The van der Waals surface area contributed by atoms with Gasteiger partial charge in [0.25, 0.3) is 5.91 Å². The molecule has 2 heterocycles. The molecule has 0 bridgehead atoms. The van der Waals surface area contributed by atoms with Crippen molar-refractivity contribution in [1.29, 1.82) is 0 Å². The lowest BCUT2D eigenvalue weighted by Gasteiger charge is -2.37. The number of benzene rings is 1. The van der Waals surface area contributed by atoms with Gasteiger partial charge in [0.05, 0.1) is 29.1 Å². The topological polar surface area (TPSA) is 75.4 Å². The number of hydrogen-bond donors (Lipinski definition) is 1. The summed E-state index contributed by atoms with van der Waals surface area (Å²) in [5, 5.41) is 13.8. The van der Waals surface area contributed by atoms with Crippen molar-refractivity contribution < 1.29 is 14.7 Å². The highest BCUT2D eigenvalue weighted by Crippen LogP contribution is 2.27. The van der Waals surface area contributed by atoms with E-state index in [2.05, 4.69) is 5.10 Å². The highest BCUT2D eigenvalue weighted by atomic mass is 16.4. The summed E-state index contributed by atoms with van der Waals surface area (Å²) in [6.07, 6.45) is 2.91. The van der Waals surface area contributed by atoms with Crippen LogP contribution in [0.3, 0.4) is 0 Å². The minimum absolute atomic E-state index is 0.141. The fourth-order valence-electron chi connectivity index (χ4n) is 3.72. The minimum atomic E-state index is -0.835. The molecule has 26 heavy (non-hydrogen) atoms. The van der Waals surface area contributed by atoms with Crippen LogP contribution in [0.5, 0.6) is 0 Å². The zero-order valence-corrected chi connectivity index (χ0v) is 15.7. The molecule has 1 amide bonds. The number of carbonyl (C=O) groups is 2. The van der Waals surface area contributed by atoms with E-state index < -0.39 is 11.9 Å². The quantitative estimate of drug-likeness (QED) is 0.918. The van der Waals surface area contributed by atoms with Crippen molar-refractivity contribution in [1.82, 2.24) is 14.7 Å². The Balaban J connectivity index is 1.93. The Labute approximate surface area is 153 Å². The van der Waals surface area contributed by atoms with Gasteiger partial charge < -0.3 is 10.0 Å². The van der Waals surface area contributed by atoms with Gasteiger partial charge in [-0.25, -0.2) is 4.68 Å². The lowest BCUT2D eigenvalue weighted by molar-refractivity contribution is -0.144. The summed E-state index contributed by atoms with van der Waals surface area (Å²) in [5.74, 6) is -1.49. The SMILES string of the molecule is Cc1ccc(C)c(-n2ncc(C(=O)N3CCC[C@@H](C(=O)O)[C@H]3C)c2C)c1. The number of nitrogens with zero attached hydrogens (tertiary/aromatic N) is 3. The molecule has 1 saturated heterocycles. The van der Waals surface area contributed by atoms with Crippen LogP contribution in [0.15, 0.2) is 24.4 Å². The van der Waals surface area contributed by atoms with Crippen LogP contribution in [0.25, 0.3) is 5.69 Å². The van der Waals surface area contributed by atoms with Crippen LogP contribution in [-0.2, 0) is 4.79 Å². The van der Waals surface area contributed by atoms with Gasteiger partial charge in [-0.15, -0.1) is 0 Å². The monoisotopic (exact) mass is 355 g/mol. The van der Waals surface area contributed by atoms with E-state index in [-0.39, 0.29) is 11.9 Å². The number of aryl methyl sites for hydroxylation is 2. The summed E-state index contributed by atoms with van der Waals surface area (Å²) in [5.41, 5.74) is 4.47. The highest BCUT2D eigenvalue weighted by Gasteiger charge is 2.36. The van der Waals surface area contributed by atoms with Gasteiger partial charge in [-0.05, 0) is 57.7 Å². The molecule has 0 spiro atoms. The fraction of sp³-hybridized carbons (Fsp3) is 0.450. The molecular weight excluding hydrogens is 330 g/mol. The second-order valence-corrected chi connectivity index (χ2v) is 7.17. The van der Waals surface area contributed by atoms with Crippen LogP contribution < -0.4 is 0 Å². The number of carboxylic acids is 1. The van der Waals surface area contributed by atoms with E-state index in [1.165, 1.54) is 0 Å². The predicted molar refractivity (Wildman–Crippen MR) is 98.6 cm³/mol. The smallest absolute Gasteiger partial charge is 0.308 e. The number of hydrogen-bond acceptors (Lipinski definition) is 3. The molecule has 0 radical (unpaired) electrons. The van der Waals surface area contributed by atoms with Crippen molar-refractivity contribution in [3.05, 3.63) is 46.8 Å². The molecule has 138 valence electrons. The number of piperidine rings is 1. The number of rotatable bonds is 3. The molecule has 2 atom stereocenters. The lowest BCUT2D eigenvalue weighted by atomic mass is 9.90. The highest BCUT2D eigenvalue weighted by molar-refractivity contribution is 5.95. The maximum atomic E-state index is 13.1. The van der Waals surface area contributed by atoms with Crippen LogP contribution in [0.1, 0.15) is 46.9 Å². The molecule has 6 nitrogen and oxygen atoms in total. The largest absolute Gasteiger partial charge is 0.481 e.